The maximum Gasteiger partial charge on any atom is 0.301 e. The van der Waals surface area contributed by atoms with Gasteiger partial charge in [-0.2, -0.15) is 0 Å². The zero-order chi connectivity index (χ0) is 19.4. The molecular weight excluding hydrogens is 346 g/mol. The summed E-state index contributed by atoms with van der Waals surface area (Å²) in [6.45, 7) is 4.92. The van der Waals surface area contributed by atoms with E-state index in [1.807, 2.05) is 13.8 Å². The van der Waals surface area contributed by atoms with Crippen LogP contribution < -0.4 is 14.4 Å². The fourth-order valence-electron chi connectivity index (χ4n) is 2.83. The van der Waals surface area contributed by atoms with E-state index in [1.165, 1.54) is 0 Å². The summed E-state index contributed by atoms with van der Waals surface area (Å²) in [6, 6.07) is 13.4. The van der Waals surface area contributed by atoms with Gasteiger partial charge in [0.15, 0.2) is 5.76 Å². The molecular formula is C21H21NO5. The number of hydrogen-bond donors (Lipinski definition) is 1. The van der Waals surface area contributed by atoms with Gasteiger partial charge in [-0.25, -0.2) is 4.90 Å². The molecule has 1 aliphatic rings. The normalized spacial score (nSPS) is 14.1. The zero-order valence-electron chi connectivity index (χ0n) is 15.3. The highest BCUT2D eigenvalue weighted by Crippen LogP contribution is 2.33. The van der Waals surface area contributed by atoms with E-state index in [4.69, 9.17) is 9.47 Å². The Morgan fingerprint density at radius 3 is 2.33 bits per heavy atom. The van der Waals surface area contributed by atoms with Gasteiger partial charge in [0.05, 0.1) is 24.5 Å². The number of aliphatic hydroxyl groups excluding tert-OH is 1. The van der Waals surface area contributed by atoms with Gasteiger partial charge in [-0.1, -0.05) is 25.1 Å². The van der Waals surface area contributed by atoms with Gasteiger partial charge < -0.3 is 14.6 Å². The van der Waals surface area contributed by atoms with Gasteiger partial charge in [-0.3, -0.25) is 9.59 Å². The highest BCUT2D eigenvalue weighted by atomic mass is 16.5. The van der Waals surface area contributed by atoms with Gasteiger partial charge in [0.1, 0.15) is 11.5 Å². The Balaban J connectivity index is 1.90. The van der Waals surface area contributed by atoms with E-state index in [0.29, 0.717) is 36.0 Å². The average molecular weight is 367 g/mol. The Morgan fingerprint density at radius 2 is 1.67 bits per heavy atom. The van der Waals surface area contributed by atoms with Crippen LogP contribution in [0, 0.1) is 0 Å². The van der Waals surface area contributed by atoms with Crippen molar-refractivity contribution in [2.45, 2.75) is 20.3 Å². The monoisotopic (exact) mass is 367 g/mol. The lowest BCUT2D eigenvalue weighted by atomic mass is 10.1. The summed E-state index contributed by atoms with van der Waals surface area (Å²) >= 11 is 0. The van der Waals surface area contributed by atoms with E-state index in [-0.39, 0.29) is 5.57 Å². The molecule has 140 valence electrons. The summed E-state index contributed by atoms with van der Waals surface area (Å²) < 4.78 is 10.9. The van der Waals surface area contributed by atoms with E-state index in [1.54, 1.807) is 48.5 Å². The predicted octanol–water partition coefficient (Wildman–Crippen LogP) is 3.72. The molecule has 2 amide bonds. The highest BCUT2D eigenvalue weighted by Gasteiger charge is 2.40. The lowest BCUT2D eigenvalue weighted by Crippen LogP contribution is -2.31. The molecule has 1 N–H and O–H groups in total. The zero-order valence-corrected chi connectivity index (χ0v) is 15.3. The standard InChI is InChI=1S/C21H21NO5/c1-3-12-27-17-7-5-6-15(13-17)22-20(24)18(19(23)21(22)25)14-8-10-16(11-9-14)26-4-2/h5-11,13,23H,3-4,12H2,1-2H3. The summed E-state index contributed by atoms with van der Waals surface area (Å²) in [4.78, 5) is 26.4. The number of carbonyl (C=O) groups is 2. The van der Waals surface area contributed by atoms with E-state index >= 15 is 0 Å². The van der Waals surface area contributed by atoms with Crippen LogP contribution in [-0.4, -0.2) is 30.1 Å². The van der Waals surface area contributed by atoms with Crippen molar-refractivity contribution in [1.29, 1.82) is 0 Å². The van der Waals surface area contributed by atoms with Crippen LogP contribution in [0.5, 0.6) is 11.5 Å². The van der Waals surface area contributed by atoms with Gasteiger partial charge >= 0.3 is 5.91 Å². The van der Waals surface area contributed by atoms with Crippen LogP contribution >= 0.6 is 0 Å². The van der Waals surface area contributed by atoms with Crippen molar-refractivity contribution in [1.82, 2.24) is 0 Å². The average Bonchev–Trinajstić information content (AvgIpc) is 2.90. The molecule has 0 saturated heterocycles. The molecule has 0 atom stereocenters. The maximum absolute atomic E-state index is 12.9. The molecule has 0 bridgehead atoms. The van der Waals surface area contributed by atoms with Gasteiger partial charge in [0.2, 0.25) is 0 Å². The smallest absolute Gasteiger partial charge is 0.301 e. The molecule has 0 aromatic heterocycles. The number of aliphatic hydroxyl groups is 1. The Labute approximate surface area is 157 Å². The number of rotatable bonds is 7. The first-order valence-corrected chi connectivity index (χ1v) is 8.85. The van der Waals surface area contributed by atoms with Crippen molar-refractivity contribution in [3.05, 3.63) is 59.9 Å². The van der Waals surface area contributed by atoms with Crippen molar-refractivity contribution in [2.75, 3.05) is 18.1 Å². The number of amides is 2. The van der Waals surface area contributed by atoms with Crippen LogP contribution in [0.15, 0.2) is 54.3 Å². The molecule has 1 aliphatic heterocycles. The fourth-order valence-corrected chi connectivity index (χ4v) is 2.83. The summed E-state index contributed by atoms with van der Waals surface area (Å²) in [5.74, 6) is -0.686. The van der Waals surface area contributed by atoms with Crippen molar-refractivity contribution < 1.29 is 24.2 Å². The number of benzene rings is 2. The molecule has 0 fully saturated rings. The minimum absolute atomic E-state index is 0.0251. The minimum atomic E-state index is -0.753. The molecule has 2 aromatic carbocycles. The minimum Gasteiger partial charge on any atom is -0.502 e. The molecule has 0 radical (unpaired) electrons. The van der Waals surface area contributed by atoms with Gasteiger partial charge in [-0.05, 0) is 43.2 Å². The Bertz CT molecular complexity index is 886. The third kappa shape index (κ3) is 3.65. The molecule has 0 spiro atoms. The predicted molar refractivity (Wildman–Crippen MR) is 102 cm³/mol. The van der Waals surface area contributed by atoms with Crippen LogP contribution in [0.4, 0.5) is 5.69 Å². The molecule has 0 saturated carbocycles. The van der Waals surface area contributed by atoms with Crippen LogP contribution in [0.25, 0.3) is 5.57 Å². The van der Waals surface area contributed by atoms with Gasteiger partial charge in [0, 0.05) is 6.07 Å². The highest BCUT2D eigenvalue weighted by molar-refractivity contribution is 6.44. The second-order valence-corrected chi connectivity index (χ2v) is 5.97. The van der Waals surface area contributed by atoms with Gasteiger partial charge in [0.25, 0.3) is 5.91 Å². The molecule has 27 heavy (non-hydrogen) atoms. The number of nitrogens with zero attached hydrogens (tertiary/aromatic N) is 1. The molecule has 1 heterocycles. The van der Waals surface area contributed by atoms with Crippen LogP contribution in [-0.2, 0) is 9.59 Å². The van der Waals surface area contributed by atoms with Crippen molar-refractivity contribution in [3.8, 4) is 11.5 Å². The Kier molecular flexibility index (Phi) is 5.45. The second kappa shape index (κ2) is 7.95. The van der Waals surface area contributed by atoms with Crippen LogP contribution in [0.3, 0.4) is 0 Å². The van der Waals surface area contributed by atoms with E-state index in [0.717, 1.165) is 11.3 Å². The maximum atomic E-state index is 12.9. The third-order valence-electron chi connectivity index (χ3n) is 4.06. The first-order chi connectivity index (χ1) is 13.1. The summed E-state index contributed by atoms with van der Waals surface area (Å²) in [6.07, 6.45) is 0.843. The van der Waals surface area contributed by atoms with Crippen LogP contribution in [0.1, 0.15) is 25.8 Å². The molecule has 0 unspecified atom stereocenters. The van der Waals surface area contributed by atoms with E-state index in [2.05, 4.69) is 0 Å². The lowest BCUT2D eigenvalue weighted by Gasteiger charge is -2.16. The van der Waals surface area contributed by atoms with Crippen molar-refractivity contribution in [2.24, 2.45) is 0 Å². The Morgan fingerprint density at radius 1 is 0.926 bits per heavy atom. The largest absolute Gasteiger partial charge is 0.502 e. The van der Waals surface area contributed by atoms with Crippen molar-refractivity contribution in [3.63, 3.8) is 0 Å². The number of ether oxygens (including phenoxy) is 2. The third-order valence-corrected chi connectivity index (χ3v) is 4.06. The number of anilines is 1. The molecule has 6 nitrogen and oxygen atoms in total. The van der Waals surface area contributed by atoms with E-state index < -0.39 is 17.6 Å². The molecule has 6 heteroatoms. The van der Waals surface area contributed by atoms with Crippen molar-refractivity contribution >= 4 is 23.1 Å². The fraction of sp³-hybridized carbons (Fsp3) is 0.238. The summed E-state index contributed by atoms with van der Waals surface area (Å²) in [7, 11) is 0. The molecule has 3 rings (SSSR count). The Hall–Kier alpha value is -3.28. The SMILES string of the molecule is CCCOc1cccc(N2C(=O)C(O)=C(c3ccc(OCC)cc3)C2=O)c1. The first kappa shape index (κ1) is 18.5. The number of imide groups is 1. The van der Waals surface area contributed by atoms with Crippen LogP contribution in [0.2, 0.25) is 0 Å². The summed E-state index contributed by atoms with van der Waals surface area (Å²) in [5, 5.41) is 10.3. The number of carbonyl (C=O) groups excluding carboxylic acids is 2. The molecule has 0 aliphatic carbocycles. The summed E-state index contributed by atoms with van der Waals surface area (Å²) in [5.41, 5.74) is 0.782. The van der Waals surface area contributed by atoms with Gasteiger partial charge in [-0.15, -0.1) is 0 Å². The van der Waals surface area contributed by atoms with E-state index in [9.17, 15) is 14.7 Å². The number of hydrogen-bond acceptors (Lipinski definition) is 5. The topological polar surface area (TPSA) is 76.1 Å². The second-order valence-electron chi connectivity index (χ2n) is 5.97. The lowest BCUT2D eigenvalue weighted by molar-refractivity contribution is -0.121. The molecule has 2 aromatic rings. The quantitative estimate of drug-likeness (QED) is 0.755. The first-order valence-electron chi connectivity index (χ1n) is 8.85.